The van der Waals surface area contributed by atoms with Crippen LogP contribution in [0.4, 0.5) is 10.2 Å². The Morgan fingerprint density at radius 1 is 1.07 bits per heavy atom. The molecular weight excluding hydrogens is 555 g/mol. The van der Waals surface area contributed by atoms with Crippen molar-refractivity contribution in [2.24, 2.45) is 5.92 Å². The Balaban J connectivity index is 1.56. The molecule has 3 N–H and O–H groups in total. The summed E-state index contributed by atoms with van der Waals surface area (Å²) < 4.78 is 42.9. The first-order valence-corrected chi connectivity index (χ1v) is 15.8. The molecule has 4 rings (SSSR count). The van der Waals surface area contributed by atoms with E-state index in [-0.39, 0.29) is 16.5 Å². The number of aromatic nitrogens is 3. The molecule has 3 aromatic rings. The van der Waals surface area contributed by atoms with Crippen molar-refractivity contribution >= 4 is 21.7 Å². The molecule has 1 saturated heterocycles. The lowest BCUT2D eigenvalue weighted by atomic mass is 9.86. The Hall–Kier alpha value is -3.44. The zero-order valence-corrected chi connectivity index (χ0v) is 26.0. The quantitative estimate of drug-likeness (QED) is 0.286. The van der Waals surface area contributed by atoms with Crippen LogP contribution in [-0.2, 0) is 20.9 Å². The molecule has 42 heavy (non-hydrogen) atoms. The van der Waals surface area contributed by atoms with Gasteiger partial charge in [0.25, 0.3) is 15.9 Å². The fraction of sp³-hybridized carbons (Fsp3) is 0.484. The summed E-state index contributed by atoms with van der Waals surface area (Å²) in [6.45, 7) is 14.0. The van der Waals surface area contributed by atoms with E-state index in [2.05, 4.69) is 52.4 Å². The molecule has 1 amide bonds. The lowest BCUT2D eigenvalue weighted by Gasteiger charge is -2.24. The first-order chi connectivity index (χ1) is 19.6. The number of pyridine rings is 3. The van der Waals surface area contributed by atoms with Crippen LogP contribution in [0, 0.1) is 11.9 Å². The summed E-state index contributed by atoms with van der Waals surface area (Å²) >= 11 is 0. The van der Waals surface area contributed by atoms with Gasteiger partial charge in [0.1, 0.15) is 5.82 Å². The molecule has 11 heteroatoms. The van der Waals surface area contributed by atoms with Gasteiger partial charge in [-0.25, -0.2) is 14.7 Å². The van der Waals surface area contributed by atoms with Gasteiger partial charge >= 0.3 is 0 Å². The van der Waals surface area contributed by atoms with E-state index in [0.717, 1.165) is 43.6 Å². The van der Waals surface area contributed by atoms with Crippen molar-refractivity contribution in [1.29, 1.82) is 0 Å². The van der Waals surface area contributed by atoms with E-state index in [4.69, 9.17) is 0 Å². The highest BCUT2D eigenvalue weighted by atomic mass is 32.2. The molecule has 3 aromatic heterocycles. The predicted octanol–water partition coefficient (Wildman–Crippen LogP) is 5.27. The number of sulfonamides is 1. The van der Waals surface area contributed by atoms with E-state index in [0.29, 0.717) is 17.4 Å². The van der Waals surface area contributed by atoms with Crippen molar-refractivity contribution in [2.45, 2.75) is 82.7 Å². The standard InChI is InChI=1S/C31H41FN6O3S/c1-30(2,3)21-15-17-34-24(18-21)23(12-10-20-14-16-33-19-20)35-26-8-7-9-27(37-26)42(40,41)38-29(39)22-11-13-25(31(4,5)6)36-28(22)32/h7-9,11,13,15,17-18,20,23,33H,10,12,14,16,19H2,1-6H3,(H,35,37)(H,38,39)/t20-,23?/m0/s1. The largest absolute Gasteiger partial charge is 0.362 e. The summed E-state index contributed by atoms with van der Waals surface area (Å²) in [5.74, 6) is -1.27. The zero-order chi connectivity index (χ0) is 30.7. The smallest absolute Gasteiger partial charge is 0.281 e. The van der Waals surface area contributed by atoms with Gasteiger partial charge in [-0.1, -0.05) is 47.6 Å². The molecule has 0 aromatic carbocycles. The van der Waals surface area contributed by atoms with Crippen molar-refractivity contribution in [2.75, 3.05) is 18.4 Å². The van der Waals surface area contributed by atoms with Gasteiger partial charge < -0.3 is 10.6 Å². The first kappa shape index (κ1) is 31.5. The third-order valence-electron chi connectivity index (χ3n) is 7.44. The highest BCUT2D eigenvalue weighted by Gasteiger charge is 2.26. The molecule has 226 valence electrons. The topological polar surface area (TPSA) is 126 Å². The molecule has 0 saturated carbocycles. The minimum atomic E-state index is -4.41. The number of nitrogens with zero attached hydrogens (tertiary/aromatic N) is 3. The van der Waals surface area contributed by atoms with Crippen LogP contribution >= 0.6 is 0 Å². The number of anilines is 1. The summed E-state index contributed by atoms with van der Waals surface area (Å²) in [5, 5.41) is 6.42. The number of rotatable bonds is 9. The Morgan fingerprint density at radius 3 is 2.48 bits per heavy atom. The summed E-state index contributed by atoms with van der Waals surface area (Å²) in [7, 11) is -4.41. The summed E-state index contributed by atoms with van der Waals surface area (Å²) in [6, 6.07) is 11.1. The maximum Gasteiger partial charge on any atom is 0.281 e. The monoisotopic (exact) mass is 596 g/mol. The molecule has 4 heterocycles. The molecule has 0 bridgehead atoms. The van der Waals surface area contributed by atoms with Gasteiger partial charge in [-0.15, -0.1) is 0 Å². The van der Waals surface area contributed by atoms with Crippen molar-refractivity contribution < 1.29 is 17.6 Å². The molecular formula is C31H41FN6O3S. The van der Waals surface area contributed by atoms with Crippen LogP contribution in [0.5, 0.6) is 0 Å². The van der Waals surface area contributed by atoms with Crippen LogP contribution in [-0.4, -0.2) is 42.4 Å². The average molecular weight is 597 g/mol. The van der Waals surface area contributed by atoms with E-state index in [1.165, 1.54) is 18.2 Å². The molecule has 1 aliphatic rings. The molecule has 2 atom stereocenters. The Labute approximate surface area is 248 Å². The van der Waals surface area contributed by atoms with Crippen LogP contribution in [0.25, 0.3) is 0 Å². The van der Waals surface area contributed by atoms with Crippen LogP contribution in [0.3, 0.4) is 0 Å². The van der Waals surface area contributed by atoms with Gasteiger partial charge in [0.2, 0.25) is 5.95 Å². The zero-order valence-electron chi connectivity index (χ0n) is 25.2. The van der Waals surface area contributed by atoms with Gasteiger partial charge in [0.05, 0.1) is 17.3 Å². The average Bonchev–Trinajstić information content (AvgIpc) is 3.44. The summed E-state index contributed by atoms with van der Waals surface area (Å²) in [5.41, 5.74) is 1.47. The van der Waals surface area contributed by atoms with E-state index < -0.39 is 32.9 Å². The van der Waals surface area contributed by atoms with Crippen LogP contribution in [0.1, 0.15) is 94.2 Å². The van der Waals surface area contributed by atoms with Gasteiger partial charge in [0.15, 0.2) is 5.03 Å². The highest BCUT2D eigenvalue weighted by molar-refractivity contribution is 7.90. The lowest BCUT2D eigenvalue weighted by molar-refractivity contribution is 0.0976. The van der Waals surface area contributed by atoms with E-state index in [1.807, 2.05) is 31.6 Å². The third kappa shape index (κ3) is 7.89. The van der Waals surface area contributed by atoms with Gasteiger partial charge in [-0.05, 0) is 85.6 Å². The molecule has 0 radical (unpaired) electrons. The molecule has 0 aliphatic carbocycles. The normalized spacial score (nSPS) is 16.7. The highest BCUT2D eigenvalue weighted by Crippen LogP contribution is 2.30. The number of carbonyl (C=O) groups excluding carboxylic acids is 1. The van der Waals surface area contributed by atoms with Crippen LogP contribution < -0.4 is 15.4 Å². The predicted molar refractivity (Wildman–Crippen MR) is 161 cm³/mol. The van der Waals surface area contributed by atoms with E-state index in [1.54, 1.807) is 18.3 Å². The number of amides is 1. The number of hydrogen-bond acceptors (Lipinski definition) is 8. The number of hydrogen-bond donors (Lipinski definition) is 3. The van der Waals surface area contributed by atoms with E-state index in [9.17, 15) is 17.6 Å². The summed E-state index contributed by atoms with van der Waals surface area (Å²) in [4.78, 5) is 25.6. The number of nitrogens with one attached hydrogen (secondary N) is 3. The molecule has 1 unspecified atom stereocenters. The van der Waals surface area contributed by atoms with Gasteiger partial charge in [0, 0.05) is 17.3 Å². The van der Waals surface area contributed by atoms with E-state index >= 15 is 0 Å². The summed E-state index contributed by atoms with van der Waals surface area (Å²) in [6.07, 6.45) is 4.66. The van der Waals surface area contributed by atoms with Crippen molar-refractivity contribution in [3.05, 3.63) is 77.1 Å². The molecule has 1 aliphatic heterocycles. The van der Waals surface area contributed by atoms with Crippen molar-refractivity contribution in [1.82, 2.24) is 25.0 Å². The molecule has 1 fully saturated rings. The number of halogens is 1. The molecule has 9 nitrogen and oxygen atoms in total. The second kappa shape index (κ2) is 12.4. The second-order valence-electron chi connectivity index (χ2n) is 12.9. The number of carbonyl (C=O) groups is 1. The molecule has 0 spiro atoms. The van der Waals surface area contributed by atoms with Crippen LogP contribution in [0.15, 0.2) is 53.7 Å². The minimum absolute atomic E-state index is 0.0654. The Kier molecular flexibility index (Phi) is 9.32. The Bertz CT molecular complexity index is 1530. The fourth-order valence-corrected chi connectivity index (χ4v) is 5.77. The Morgan fingerprint density at radius 2 is 1.83 bits per heavy atom. The maximum absolute atomic E-state index is 14.7. The second-order valence-corrected chi connectivity index (χ2v) is 14.6. The minimum Gasteiger partial charge on any atom is -0.362 e. The lowest BCUT2D eigenvalue weighted by Crippen LogP contribution is -2.32. The van der Waals surface area contributed by atoms with Crippen LogP contribution in [0.2, 0.25) is 0 Å². The third-order valence-corrected chi connectivity index (χ3v) is 8.67. The maximum atomic E-state index is 14.7. The van der Waals surface area contributed by atoms with Gasteiger partial charge in [-0.3, -0.25) is 9.78 Å². The fourth-order valence-electron chi connectivity index (χ4n) is 4.84. The first-order valence-electron chi connectivity index (χ1n) is 14.3. The van der Waals surface area contributed by atoms with Gasteiger partial charge in [-0.2, -0.15) is 12.8 Å². The SMILES string of the molecule is CC(C)(C)c1ccnc(C(CC[C@H]2CCNC2)Nc2cccc(S(=O)(=O)NC(=O)c3ccc(C(C)(C)C)nc3F)n2)c1. The van der Waals surface area contributed by atoms with Crippen molar-refractivity contribution in [3.63, 3.8) is 0 Å². The van der Waals surface area contributed by atoms with Crippen molar-refractivity contribution in [3.8, 4) is 0 Å².